The van der Waals surface area contributed by atoms with Crippen molar-refractivity contribution >= 4 is 16.9 Å². The molecular weight excluding hydrogens is 493 g/mol. The van der Waals surface area contributed by atoms with E-state index in [0.717, 1.165) is 5.69 Å². The number of rotatable bonds is 8. The summed E-state index contributed by atoms with van der Waals surface area (Å²) in [7, 11) is 1.61. The van der Waals surface area contributed by atoms with Gasteiger partial charge < -0.3 is 19.5 Å². The molecule has 11 heteroatoms. The first-order valence-corrected chi connectivity index (χ1v) is 12.3. The van der Waals surface area contributed by atoms with Crippen molar-refractivity contribution < 1.29 is 23.8 Å². The number of aromatic nitrogens is 4. The molecule has 5 rings (SSSR count). The Kier molecular flexibility index (Phi) is 7.21. The van der Waals surface area contributed by atoms with Crippen molar-refractivity contribution in [3.63, 3.8) is 0 Å². The Morgan fingerprint density at radius 3 is 2.47 bits per heavy atom. The molecule has 1 saturated heterocycles. The van der Waals surface area contributed by atoms with Gasteiger partial charge >= 0.3 is 0 Å². The van der Waals surface area contributed by atoms with Gasteiger partial charge in [0.15, 0.2) is 5.65 Å². The molecule has 0 saturated carbocycles. The van der Waals surface area contributed by atoms with Gasteiger partial charge in [-0.1, -0.05) is 0 Å². The fraction of sp³-hybridized carbons (Fsp3) is 0.333. The standard InChI is InChI=1S/C27H28FN5O5/c1-37-14-15-38-22-8-6-21(7-9-22)33-24-23(16-30-33)26(35)32(18-29-24)17-27(36)10-12-31(13-11-27)25(34)19-2-4-20(28)5-3-19/h2-9,16,18,36H,10-15,17H2,1H3. The number of hydrogen-bond donors (Lipinski definition) is 1. The lowest BCUT2D eigenvalue weighted by Gasteiger charge is -2.38. The molecule has 0 atom stereocenters. The minimum atomic E-state index is -1.17. The van der Waals surface area contributed by atoms with Crippen LogP contribution in [0.1, 0.15) is 23.2 Å². The number of nitrogens with zero attached hydrogens (tertiary/aromatic N) is 5. The van der Waals surface area contributed by atoms with Gasteiger partial charge in [-0.2, -0.15) is 5.10 Å². The number of carbonyl (C=O) groups is 1. The largest absolute Gasteiger partial charge is 0.491 e. The minimum Gasteiger partial charge on any atom is -0.491 e. The van der Waals surface area contributed by atoms with E-state index in [1.165, 1.54) is 41.4 Å². The Balaban J connectivity index is 1.27. The van der Waals surface area contributed by atoms with Gasteiger partial charge in [0.05, 0.1) is 30.6 Å². The molecule has 1 aliphatic heterocycles. The zero-order valence-electron chi connectivity index (χ0n) is 20.9. The first-order valence-electron chi connectivity index (χ1n) is 12.3. The van der Waals surface area contributed by atoms with Gasteiger partial charge in [-0.15, -0.1) is 0 Å². The van der Waals surface area contributed by atoms with Crippen molar-refractivity contribution in [3.05, 3.63) is 82.8 Å². The number of hydrogen-bond acceptors (Lipinski definition) is 7. The molecule has 0 radical (unpaired) electrons. The Morgan fingerprint density at radius 2 is 1.79 bits per heavy atom. The Morgan fingerprint density at radius 1 is 1.08 bits per heavy atom. The Hall–Kier alpha value is -4.09. The maximum atomic E-state index is 13.2. The lowest BCUT2D eigenvalue weighted by atomic mass is 9.91. The van der Waals surface area contributed by atoms with Gasteiger partial charge in [-0.25, -0.2) is 14.1 Å². The maximum absolute atomic E-state index is 13.2. The van der Waals surface area contributed by atoms with E-state index < -0.39 is 11.4 Å². The summed E-state index contributed by atoms with van der Waals surface area (Å²) in [5.41, 5.74) is 0.0477. The van der Waals surface area contributed by atoms with E-state index in [1.54, 1.807) is 16.7 Å². The van der Waals surface area contributed by atoms with Crippen LogP contribution in [0.4, 0.5) is 4.39 Å². The van der Waals surface area contributed by atoms with Crippen LogP contribution in [0.15, 0.2) is 65.8 Å². The highest BCUT2D eigenvalue weighted by atomic mass is 19.1. The van der Waals surface area contributed by atoms with Gasteiger partial charge in [0, 0.05) is 25.8 Å². The smallest absolute Gasteiger partial charge is 0.264 e. The molecule has 0 bridgehead atoms. The molecule has 1 N–H and O–H groups in total. The summed E-state index contributed by atoms with van der Waals surface area (Å²) in [6.07, 6.45) is 3.47. The van der Waals surface area contributed by atoms with E-state index in [2.05, 4.69) is 10.1 Å². The van der Waals surface area contributed by atoms with E-state index in [1.807, 2.05) is 24.3 Å². The van der Waals surface area contributed by atoms with Crippen LogP contribution in [-0.2, 0) is 11.3 Å². The average Bonchev–Trinajstić information content (AvgIpc) is 3.36. The van der Waals surface area contributed by atoms with Gasteiger partial charge in [0.1, 0.15) is 29.9 Å². The molecule has 0 aliphatic carbocycles. The van der Waals surface area contributed by atoms with E-state index in [0.29, 0.717) is 61.5 Å². The molecule has 1 amide bonds. The van der Waals surface area contributed by atoms with Crippen molar-refractivity contribution in [2.24, 2.45) is 0 Å². The van der Waals surface area contributed by atoms with Crippen molar-refractivity contribution in [2.75, 3.05) is 33.4 Å². The maximum Gasteiger partial charge on any atom is 0.264 e. The zero-order valence-corrected chi connectivity index (χ0v) is 20.9. The predicted octanol–water partition coefficient (Wildman–Crippen LogP) is 2.41. The Labute approximate surface area is 217 Å². The molecule has 198 valence electrons. The van der Waals surface area contributed by atoms with Crippen LogP contribution in [0, 0.1) is 5.82 Å². The molecule has 1 fully saturated rings. The van der Waals surface area contributed by atoms with Crippen LogP contribution in [0.5, 0.6) is 5.75 Å². The van der Waals surface area contributed by atoms with Crippen LogP contribution in [0.25, 0.3) is 16.7 Å². The third kappa shape index (κ3) is 5.29. The molecule has 4 aromatic rings. The van der Waals surface area contributed by atoms with Crippen LogP contribution in [-0.4, -0.2) is 74.3 Å². The number of likely N-dealkylation sites (tertiary alicyclic amines) is 1. The van der Waals surface area contributed by atoms with Gasteiger partial charge in [0.2, 0.25) is 0 Å². The highest BCUT2D eigenvalue weighted by molar-refractivity contribution is 5.94. The summed E-state index contributed by atoms with van der Waals surface area (Å²) < 4.78 is 26.7. The molecule has 3 heterocycles. The van der Waals surface area contributed by atoms with Crippen molar-refractivity contribution in [1.82, 2.24) is 24.2 Å². The van der Waals surface area contributed by atoms with Crippen LogP contribution in [0.2, 0.25) is 0 Å². The number of aliphatic hydroxyl groups is 1. The summed E-state index contributed by atoms with van der Waals surface area (Å²) in [6.45, 7) is 1.62. The topological polar surface area (TPSA) is 112 Å². The van der Waals surface area contributed by atoms with Crippen molar-refractivity contribution in [3.8, 4) is 11.4 Å². The zero-order chi connectivity index (χ0) is 26.7. The lowest BCUT2D eigenvalue weighted by molar-refractivity contribution is -0.0299. The quantitative estimate of drug-likeness (QED) is 0.355. The second kappa shape index (κ2) is 10.7. The van der Waals surface area contributed by atoms with E-state index in [4.69, 9.17) is 9.47 Å². The summed E-state index contributed by atoms with van der Waals surface area (Å²) in [4.78, 5) is 32.0. The number of benzene rings is 2. The molecule has 0 spiro atoms. The van der Waals surface area contributed by atoms with Gasteiger partial charge in [-0.3, -0.25) is 14.2 Å². The van der Waals surface area contributed by atoms with Crippen LogP contribution < -0.4 is 10.3 Å². The first-order chi connectivity index (χ1) is 18.4. The molecule has 2 aromatic heterocycles. The molecule has 38 heavy (non-hydrogen) atoms. The molecule has 0 unspecified atom stereocenters. The normalized spacial score (nSPS) is 15.1. The number of carbonyl (C=O) groups excluding carboxylic acids is 1. The number of ether oxygens (including phenoxy) is 2. The van der Waals surface area contributed by atoms with E-state index in [-0.39, 0.29) is 18.0 Å². The van der Waals surface area contributed by atoms with E-state index in [9.17, 15) is 19.1 Å². The molecule has 2 aromatic carbocycles. The number of amides is 1. The Bertz CT molecular complexity index is 1470. The number of fused-ring (bicyclic) bond motifs is 1. The summed E-state index contributed by atoms with van der Waals surface area (Å²) in [5, 5.41) is 15.9. The van der Waals surface area contributed by atoms with Crippen molar-refractivity contribution in [1.29, 1.82) is 0 Å². The predicted molar refractivity (Wildman–Crippen MR) is 137 cm³/mol. The third-order valence-corrected chi connectivity index (χ3v) is 6.73. The second-order valence-corrected chi connectivity index (χ2v) is 9.33. The monoisotopic (exact) mass is 521 g/mol. The van der Waals surface area contributed by atoms with Crippen LogP contribution >= 0.6 is 0 Å². The second-order valence-electron chi connectivity index (χ2n) is 9.33. The third-order valence-electron chi connectivity index (χ3n) is 6.73. The fourth-order valence-corrected chi connectivity index (χ4v) is 4.55. The van der Waals surface area contributed by atoms with Gasteiger partial charge in [-0.05, 0) is 61.4 Å². The van der Waals surface area contributed by atoms with Crippen LogP contribution in [0.3, 0.4) is 0 Å². The lowest BCUT2D eigenvalue weighted by Crippen LogP contribution is -2.49. The summed E-state index contributed by atoms with van der Waals surface area (Å²) in [6, 6.07) is 12.7. The summed E-state index contributed by atoms with van der Waals surface area (Å²) in [5.74, 6) is 0.0721. The minimum absolute atomic E-state index is 0.0477. The van der Waals surface area contributed by atoms with E-state index >= 15 is 0 Å². The number of piperidine rings is 1. The molecular formula is C27H28FN5O5. The SMILES string of the molecule is COCCOc1ccc(-n2ncc3c(=O)n(CC4(O)CCN(C(=O)c5ccc(F)cc5)CC4)cnc32)cc1. The molecule has 1 aliphatic rings. The number of halogens is 1. The van der Waals surface area contributed by atoms with Gasteiger partial charge in [0.25, 0.3) is 11.5 Å². The van der Waals surface area contributed by atoms with Crippen molar-refractivity contribution in [2.45, 2.75) is 25.0 Å². The fourth-order valence-electron chi connectivity index (χ4n) is 4.55. The number of methoxy groups -OCH3 is 1. The highest BCUT2D eigenvalue weighted by Gasteiger charge is 2.35. The average molecular weight is 522 g/mol. The molecule has 10 nitrogen and oxygen atoms in total. The summed E-state index contributed by atoms with van der Waals surface area (Å²) >= 11 is 0. The highest BCUT2D eigenvalue weighted by Crippen LogP contribution is 2.25. The first kappa shape index (κ1) is 25.6.